The van der Waals surface area contributed by atoms with Gasteiger partial charge in [0.1, 0.15) is 5.75 Å². The molecule has 0 spiro atoms. The highest BCUT2D eigenvalue weighted by molar-refractivity contribution is 5.81. The molecule has 1 aliphatic heterocycles. The van der Waals surface area contributed by atoms with Gasteiger partial charge in [-0.1, -0.05) is 25.1 Å². The lowest BCUT2D eigenvalue weighted by molar-refractivity contribution is -0.126. The van der Waals surface area contributed by atoms with E-state index in [0.717, 1.165) is 44.0 Å². The van der Waals surface area contributed by atoms with E-state index in [1.165, 1.54) is 0 Å². The number of carbonyl (C=O) groups excluding carboxylic acids is 1. The Morgan fingerprint density at radius 2 is 1.95 bits per heavy atom. The molecule has 1 amide bonds. The molecule has 1 N–H and O–H groups in total. The first-order chi connectivity index (χ1) is 10.7. The van der Waals surface area contributed by atoms with Gasteiger partial charge in [-0.15, -0.1) is 0 Å². The van der Waals surface area contributed by atoms with Crippen molar-refractivity contribution in [2.75, 3.05) is 39.8 Å². The quantitative estimate of drug-likeness (QED) is 0.861. The fourth-order valence-corrected chi connectivity index (χ4v) is 2.81. The number of methoxy groups -OCH3 is 1. The summed E-state index contributed by atoms with van der Waals surface area (Å²) in [4.78, 5) is 17.0. The van der Waals surface area contributed by atoms with Gasteiger partial charge >= 0.3 is 0 Å². The minimum atomic E-state index is -0.0892. The van der Waals surface area contributed by atoms with Gasteiger partial charge in [0.25, 0.3) is 0 Å². The van der Waals surface area contributed by atoms with Gasteiger partial charge in [-0.25, -0.2) is 0 Å². The Bertz CT molecular complexity index is 485. The third-order valence-corrected chi connectivity index (χ3v) is 4.43. The van der Waals surface area contributed by atoms with Gasteiger partial charge in [0.15, 0.2) is 0 Å². The van der Waals surface area contributed by atoms with Gasteiger partial charge in [-0.3, -0.25) is 9.69 Å². The van der Waals surface area contributed by atoms with Crippen LogP contribution < -0.4 is 10.1 Å². The van der Waals surface area contributed by atoms with Gasteiger partial charge in [-0.2, -0.15) is 0 Å². The van der Waals surface area contributed by atoms with Crippen LogP contribution in [0.2, 0.25) is 0 Å². The summed E-state index contributed by atoms with van der Waals surface area (Å²) >= 11 is 0. The molecule has 1 fully saturated rings. The van der Waals surface area contributed by atoms with Crippen molar-refractivity contribution in [3.8, 4) is 5.75 Å². The molecular weight excluding hydrogens is 278 g/mol. The molecule has 1 aromatic rings. The molecule has 0 aliphatic carbocycles. The predicted octanol–water partition coefficient (Wildman–Crippen LogP) is 1.34. The standard InChI is InChI=1S/C17H27N3O2/c1-4-19-9-11-20(12-10-19)14(2)17(21)18-13-15-7-5-6-8-16(15)22-3/h5-8,14H,4,9-13H2,1-3H3,(H,18,21). The van der Waals surface area contributed by atoms with Gasteiger partial charge < -0.3 is 15.0 Å². The molecule has 2 rings (SSSR count). The summed E-state index contributed by atoms with van der Waals surface area (Å²) in [5.74, 6) is 0.892. The van der Waals surface area contributed by atoms with Gasteiger partial charge in [-0.05, 0) is 19.5 Å². The summed E-state index contributed by atoms with van der Waals surface area (Å²) in [5, 5.41) is 3.02. The lowest BCUT2D eigenvalue weighted by Gasteiger charge is -2.36. The van der Waals surface area contributed by atoms with Crippen molar-refractivity contribution in [1.29, 1.82) is 0 Å². The van der Waals surface area contributed by atoms with Crippen molar-refractivity contribution in [3.05, 3.63) is 29.8 Å². The first-order valence-electron chi connectivity index (χ1n) is 8.01. The molecule has 5 heteroatoms. The van der Waals surface area contributed by atoms with Crippen LogP contribution in [-0.2, 0) is 11.3 Å². The fraction of sp³-hybridized carbons (Fsp3) is 0.588. The molecule has 122 valence electrons. The molecule has 0 radical (unpaired) electrons. The second kappa shape index (κ2) is 8.15. The lowest BCUT2D eigenvalue weighted by atomic mass is 10.1. The van der Waals surface area contributed by atoms with Crippen molar-refractivity contribution in [2.24, 2.45) is 0 Å². The summed E-state index contributed by atoms with van der Waals surface area (Å²) in [6.45, 7) is 9.75. The highest BCUT2D eigenvalue weighted by atomic mass is 16.5. The van der Waals surface area contributed by atoms with Gasteiger partial charge in [0.2, 0.25) is 5.91 Å². The van der Waals surface area contributed by atoms with E-state index >= 15 is 0 Å². The van der Waals surface area contributed by atoms with E-state index in [9.17, 15) is 4.79 Å². The molecule has 1 atom stereocenters. The second-order valence-electron chi connectivity index (χ2n) is 5.68. The number of amides is 1. The number of carbonyl (C=O) groups is 1. The van der Waals surface area contributed by atoms with E-state index in [1.54, 1.807) is 7.11 Å². The Balaban J connectivity index is 1.84. The first kappa shape index (κ1) is 16.8. The van der Waals surface area contributed by atoms with Crippen molar-refractivity contribution < 1.29 is 9.53 Å². The molecule has 1 unspecified atom stereocenters. The van der Waals surface area contributed by atoms with Crippen LogP contribution in [0.15, 0.2) is 24.3 Å². The summed E-state index contributed by atoms with van der Waals surface area (Å²) in [5.41, 5.74) is 1.00. The van der Waals surface area contributed by atoms with E-state index in [1.807, 2.05) is 31.2 Å². The minimum Gasteiger partial charge on any atom is -0.496 e. The number of para-hydroxylation sites is 1. The van der Waals surface area contributed by atoms with Crippen LogP contribution in [0, 0.1) is 0 Å². The molecule has 0 saturated carbocycles. The maximum Gasteiger partial charge on any atom is 0.237 e. The third kappa shape index (κ3) is 4.21. The van der Waals surface area contributed by atoms with Crippen molar-refractivity contribution >= 4 is 5.91 Å². The molecule has 0 aromatic heterocycles. The summed E-state index contributed by atoms with van der Waals surface area (Å²) < 4.78 is 5.31. The number of nitrogens with zero attached hydrogens (tertiary/aromatic N) is 2. The Labute approximate surface area is 133 Å². The minimum absolute atomic E-state index is 0.0795. The van der Waals surface area contributed by atoms with Crippen molar-refractivity contribution in [1.82, 2.24) is 15.1 Å². The average Bonchev–Trinajstić information content (AvgIpc) is 2.59. The molecule has 0 bridgehead atoms. The van der Waals surface area contributed by atoms with E-state index in [2.05, 4.69) is 22.0 Å². The van der Waals surface area contributed by atoms with Crippen LogP contribution in [0.5, 0.6) is 5.75 Å². The molecule has 1 aromatic carbocycles. The zero-order chi connectivity index (χ0) is 15.9. The highest BCUT2D eigenvalue weighted by Gasteiger charge is 2.24. The van der Waals surface area contributed by atoms with E-state index < -0.39 is 0 Å². The fourth-order valence-electron chi connectivity index (χ4n) is 2.81. The number of rotatable bonds is 6. The first-order valence-corrected chi connectivity index (χ1v) is 8.01. The summed E-state index contributed by atoms with van der Waals surface area (Å²) in [6, 6.07) is 7.68. The van der Waals surface area contributed by atoms with E-state index in [0.29, 0.717) is 6.54 Å². The van der Waals surface area contributed by atoms with Crippen LogP contribution >= 0.6 is 0 Å². The molecule has 5 nitrogen and oxygen atoms in total. The smallest absolute Gasteiger partial charge is 0.237 e. The Kier molecular flexibility index (Phi) is 6.21. The van der Waals surface area contributed by atoms with Gasteiger partial charge in [0, 0.05) is 38.3 Å². The highest BCUT2D eigenvalue weighted by Crippen LogP contribution is 2.16. The van der Waals surface area contributed by atoms with E-state index in [4.69, 9.17) is 4.74 Å². The maximum atomic E-state index is 12.4. The molecular formula is C17H27N3O2. The zero-order valence-electron chi connectivity index (χ0n) is 13.8. The number of benzene rings is 1. The lowest BCUT2D eigenvalue weighted by Crippen LogP contribution is -2.53. The van der Waals surface area contributed by atoms with Crippen molar-refractivity contribution in [3.63, 3.8) is 0 Å². The zero-order valence-corrected chi connectivity index (χ0v) is 13.8. The van der Waals surface area contributed by atoms with Gasteiger partial charge in [0.05, 0.1) is 13.2 Å². The van der Waals surface area contributed by atoms with Crippen LogP contribution in [0.25, 0.3) is 0 Å². The van der Waals surface area contributed by atoms with Crippen LogP contribution in [-0.4, -0.2) is 61.6 Å². The summed E-state index contributed by atoms with van der Waals surface area (Å²) in [7, 11) is 1.65. The molecule has 1 saturated heterocycles. The Morgan fingerprint density at radius 1 is 1.27 bits per heavy atom. The number of hydrogen-bond acceptors (Lipinski definition) is 4. The van der Waals surface area contributed by atoms with Crippen LogP contribution in [0.3, 0.4) is 0 Å². The number of nitrogens with one attached hydrogen (secondary N) is 1. The maximum absolute atomic E-state index is 12.4. The molecule has 1 aliphatic rings. The number of hydrogen-bond donors (Lipinski definition) is 1. The molecule has 22 heavy (non-hydrogen) atoms. The van der Waals surface area contributed by atoms with Crippen molar-refractivity contribution in [2.45, 2.75) is 26.4 Å². The second-order valence-corrected chi connectivity index (χ2v) is 5.68. The number of piperazine rings is 1. The SMILES string of the molecule is CCN1CCN(C(C)C(=O)NCc2ccccc2OC)CC1. The monoisotopic (exact) mass is 305 g/mol. The van der Waals surface area contributed by atoms with E-state index in [-0.39, 0.29) is 11.9 Å². The third-order valence-electron chi connectivity index (χ3n) is 4.43. The predicted molar refractivity (Wildman–Crippen MR) is 88.0 cm³/mol. The Morgan fingerprint density at radius 3 is 2.59 bits per heavy atom. The molecule has 1 heterocycles. The Hall–Kier alpha value is -1.59. The topological polar surface area (TPSA) is 44.8 Å². The number of ether oxygens (including phenoxy) is 1. The van der Waals surface area contributed by atoms with Crippen LogP contribution in [0.1, 0.15) is 19.4 Å². The average molecular weight is 305 g/mol. The number of likely N-dealkylation sites (N-methyl/N-ethyl adjacent to an activating group) is 1. The largest absolute Gasteiger partial charge is 0.496 e. The normalized spacial score (nSPS) is 18.0. The summed E-state index contributed by atoms with van der Waals surface area (Å²) in [6.07, 6.45) is 0. The van der Waals surface area contributed by atoms with Crippen LogP contribution in [0.4, 0.5) is 0 Å².